The average molecular weight is 240 g/mol. The van der Waals surface area contributed by atoms with Gasteiger partial charge in [-0.05, 0) is 0 Å². The van der Waals surface area contributed by atoms with Gasteiger partial charge in [-0.25, -0.2) is 0 Å². The second kappa shape index (κ2) is 5.19. The zero-order valence-electron chi connectivity index (χ0n) is 7.48. The number of hydrogen-bond acceptors (Lipinski definition) is 3. The number of nitrogens with two attached hydrogens (primary N) is 1. The van der Waals surface area contributed by atoms with Crippen molar-refractivity contribution in [2.24, 2.45) is 12.8 Å². The monoisotopic (exact) mass is 239 g/mol. The number of carbonyl (C=O) groups is 1. The number of aryl methyl sites for hydroxylation is 1. The minimum atomic E-state index is -1.05. The molecule has 0 amide bonds. The van der Waals surface area contributed by atoms with Crippen LogP contribution in [0.5, 0.6) is 0 Å². The van der Waals surface area contributed by atoms with Crippen molar-refractivity contribution in [2.45, 2.75) is 12.5 Å². The molecule has 1 aromatic rings. The van der Waals surface area contributed by atoms with Crippen LogP contribution in [0.3, 0.4) is 0 Å². The number of carboxylic acids is 1. The minimum Gasteiger partial charge on any atom is -0.480 e. The first-order valence-electron chi connectivity index (χ1n) is 3.67. The molecule has 0 aliphatic heterocycles. The molecule has 0 saturated carbocycles. The first kappa shape index (κ1) is 13.2. The van der Waals surface area contributed by atoms with E-state index >= 15 is 0 Å². The number of nitrogens with zero attached hydrogens (tertiary/aromatic N) is 2. The fourth-order valence-corrected chi connectivity index (χ4v) is 1.20. The molecule has 3 N–H and O–H groups in total. The predicted octanol–water partition coefficient (Wildman–Crippen LogP) is 0.450. The number of aromatic nitrogens is 2. The van der Waals surface area contributed by atoms with Gasteiger partial charge in [0.1, 0.15) is 6.04 Å². The van der Waals surface area contributed by atoms with Crippen LogP contribution in [-0.4, -0.2) is 26.9 Å². The Morgan fingerprint density at radius 2 is 2.43 bits per heavy atom. The summed E-state index contributed by atoms with van der Waals surface area (Å²) in [5.41, 5.74) is 5.83. The van der Waals surface area contributed by atoms with Gasteiger partial charge in [0.25, 0.3) is 0 Å². The van der Waals surface area contributed by atoms with Crippen LogP contribution < -0.4 is 5.73 Å². The summed E-state index contributed by atoms with van der Waals surface area (Å²) < 4.78 is 1.52. The smallest absolute Gasteiger partial charge is 0.320 e. The standard InChI is InChI=1S/C7H10ClN3O2.ClH/c1-11-3-4(8)6(10-11)2-5(9)7(12)13;/h3,5H,2,9H2,1H3,(H,12,13);1H/t5-;/m0./s1. The Hall–Kier alpha value is -0.780. The molecule has 1 heterocycles. The van der Waals surface area contributed by atoms with E-state index in [1.165, 1.54) is 4.68 Å². The van der Waals surface area contributed by atoms with Gasteiger partial charge in [-0.1, -0.05) is 11.6 Å². The Morgan fingerprint density at radius 1 is 1.86 bits per heavy atom. The molecule has 0 spiro atoms. The van der Waals surface area contributed by atoms with E-state index in [9.17, 15) is 4.79 Å². The Labute approximate surface area is 92.3 Å². The van der Waals surface area contributed by atoms with E-state index < -0.39 is 12.0 Å². The third kappa shape index (κ3) is 3.17. The van der Waals surface area contributed by atoms with Gasteiger partial charge in [0.2, 0.25) is 0 Å². The van der Waals surface area contributed by atoms with Gasteiger partial charge in [0.05, 0.1) is 10.7 Å². The Bertz CT molecular complexity index is 327. The lowest BCUT2D eigenvalue weighted by atomic mass is 10.2. The highest BCUT2D eigenvalue weighted by Gasteiger charge is 2.16. The van der Waals surface area contributed by atoms with Crippen molar-refractivity contribution >= 4 is 30.0 Å². The molecular weight excluding hydrogens is 229 g/mol. The molecule has 0 fully saturated rings. The van der Waals surface area contributed by atoms with Gasteiger partial charge in [-0.3, -0.25) is 9.48 Å². The van der Waals surface area contributed by atoms with E-state index in [0.29, 0.717) is 10.7 Å². The van der Waals surface area contributed by atoms with Crippen LogP contribution in [0, 0.1) is 0 Å². The second-order valence-electron chi connectivity index (χ2n) is 2.75. The Morgan fingerprint density at radius 3 is 2.79 bits per heavy atom. The molecule has 0 unspecified atom stereocenters. The van der Waals surface area contributed by atoms with Crippen molar-refractivity contribution in [1.29, 1.82) is 0 Å². The molecular formula is C7H11Cl2N3O2. The molecule has 5 nitrogen and oxygen atoms in total. The zero-order valence-corrected chi connectivity index (χ0v) is 9.05. The first-order valence-corrected chi connectivity index (χ1v) is 4.05. The summed E-state index contributed by atoms with van der Waals surface area (Å²) in [6, 6.07) is -0.951. The van der Waals surface area contributed by atoms with Gasteiger partial charge >= 0.3 is 5.97 Å². The molecule has 0 aliphatic rings. The molecule has 1 atom stereocenters. The molecule has 1 rings (SSSR count). The van der Waals surface area contributed by atoms with Gasteiger partial charge in [-0.15, -0.1) is 12.4 Å². The normalized spacial score (nSPS) is 11.9. The number of halogens is 2. The van der Waals surface area contributed by atoms with E-state index in [2.05, 4.69) is 5.10 Å². The fraction of sp³-hybridized carbons (Fsp3) is 0.429. The summed E-state index contributed by atoms with van der Waals surface area (Å²) in [5.74, 6) is -1.05. The van der Waals surface area contributed by atoms with Crippen molar-refractivity contribution in [3.8, 4) is 0 Å². The maximum atomic E-state index is 10.4. The molecule has 0 saturated heterocycles. The maximum Gasteiger partial charge on any atom is 0.320 e. The predicted molar refractivity (Wildman–Crippen MR) is 54.8 cm³/mol. The highest BCUT2D eigenvalue weighted by molar-refractivity contribution is 6.31. The topological polar surface area (TPSA) is 81.1 Å². The summed E-state index contributed by atoms with van der Waals surface area (Å²) >= 11 is 5.76. The van der Waals surface area contributed by atoms with Crippen LogP contribution in [0.1, 0.15) is 5.69 Å². The number of carboxylic acid groups (broad SMARTS) is 1. The highest BCUT2D eigenvalue weighted by Crippen LogP contribution is 2.14. The summed E-state index contributed by atoms with van der Waals surface area (Å²) in [6.07, 6.45) is 1.75. The molecule has 80 valence electrons. The van der Waals surface area contributed by atoms with Gasteiger partial charge in [-0.2, -0.15) is 5.10 Å². The van der Waals surface area contributed by atoms with Crippen molar-refractivity contribution in [2.75, 3.05) is 0 Å². The maximum absolute atomic E-state index is 10.4. The largest absolute Gasteiger partial charge is 0.480 e. The Balaban J connectivity index is 0.00000169. The molecule has 0 aliphatic carbocycles. The van der Waals surface area contributed by atoms with Gasteiger partial charge in [0.15, 0.2) is 0 Å². The van der Waals surface area contributed by atoms with Crippen LogP contribution >= 0.6 is 24.0 Å². The van der Waals surface area contributed by atoms with E-state index in [-0.39, 0.29) is 18.8 Å². The Kier molecular flexibility index (Phi) is 4.90. The summed E-state index contributed by atoms with van der Waals surface area (Å²) in [6.45, 7) is 0. The van der Waals surface area contributed by atoms with Crippen molar-refractivity contribution in [1.82, 2.24) is 9.78 Å². The zero-order chi connectivity index (χ0) is 10.0. The molecule has 0 radical (unpaired) electrons. The molecule has 1 aromatic heterocycles. The quantitative estimate of drug-likeness (QED) is 0.803. The van der Waals surface area contributed by atoms with Crippen molar-refractivity contribution in [3.63, 3.8) is 0 Å². The number of rotatable bonds is 3. The molecule has 14 heavy (non-hydrogen) atoms. The molecule has 0 aromatic carbocycles. The average Bonchev–Trinajstić information content (AvgIpc) is 2.30. The van der Waals surface area contributed by atoms with E-state index in [1.807, 2.05) is 0 Å². The number of aliphatic carboxylic acids is 1. The lowest BCUT2D eigenvalue weighted by Gasteiger charge is -2.02. The number of hydrogen-bond donors (Lipinski definition) is 2. The van der Waals surface area contributed by atoms with E-state index in [1.54, 1.807) is 13.2 Å². The van der Waals surface area contributed by atoms with Crippen molar-refractivity contribution < 1.29 is 9.90 Å². The van der Waals surface area contributed by atoms with Crippen LogP contribution in [0.4, 0.5) is 0 Å². The summed E-state index contributed by atoms with van der Waals surface area (Å²) in [4.78, 5) is 10.4. The molecule has 0 bridgehead atoms. The lowest BCUT2D eigenvalue weighted by molar-refractivity contribution is -0.138. The summed E-state index contributed by atoms with van der Waals surface area (Å²) in [7, 11) is 1.71. The van der Waals surface area contributed by atoms with Crippen LogP contribution in [0.25, 0.3) is 0 Å². The van der Waals surface area contributed by atoms with Crippen LogP contribution in [-0.2, 0) is 18.3 Å². The van der Waals surface area contributed by atoms with Gasteiger partial charge < -0.3 is 10.8 Å². The first-order chi connectivity index (χ1) is 6.00. The SMILES string of the molecule is Cl.Cn1cc(Cl)c(C[C@H](N)C(=O)O)n1. The van der Waals surface area contributed by atoms with Crippen LogP contribution in [0.2, 0.25) is 5.02 Å². The molecule has 7 heteroatoms. The van der Waals surface area contributed by atoms with Gasteiger partial charge in [0, 0.05) is 19.7 Å². The lowest BCUT2D eigenvalue weighted by Crippen LogP contribution is -2.32. The second-order valence-corrected chi connectivity index (χ2v) is 3.15. The third-order valence-electron chi connectivity index (χ3n) is 1.58. The fourth-order valence-electron chi connectivity index (χ4n) is 0.940. The van der Waals surface area contributed by atoms with Crippen molar-refractivity contribution in [3.05, 3.63) is 16.9 Å². The third-order valence-corrected chi connectivity index (χ3v) is 1.90. The van der Waals surface area contributed by atoms with Crippen LogP contribution in [0.15, 0.2) is 6.20 Å². The van der Waals surface area contributed by atoms with E-state index in [4.69, 9.17) is 22.4 Å². The highest BCUT2D eigenvalue weighted by atomic mass is 35.5. The summed E-state index contributed by atoms with van der Waals surface area (Å²) in [5, 5.41) is 13.0. The van der Waals surface area contributed by atoms with E-state index in [0.717, 1.165) is 0 Å². The minimum absolute atomic E-state index is 0.